The maximum absolute atomic E-state index is 14.6. The lowest BCUT2D eigenvalue weighted by atomic mass is 10.0. The fourth-order valence-corrected chi connectivity index (χ4v) is 5.08. The van der Waals surface area contributed by atoms with Gasteiger partial charge in [-0.1, -0.05) is 77.9 Å². The molecule has 0 spiro atoms. The molecular formula is C30H35FN2O2S. The van der Waals surface area contributed by atoms with Gasteiger partial charge in [0.25, 0.3) is 0 Å². The highest BCUT2D eigenvalue weighted by Gasteiger charge is 2.31. The summed E-state index contributed by atoms with van der Waals surface area (Å²) in [5.41, 5.74) is 4.86. The summed E-state index contributed by atoms with van der Waals surface area (Å²) < 4.78 is 14.6. The van der Waals surface area contributed by atoms with Gasteiger partial charge in [0.1, 0.15) is 11.9 Å². The first-order chi connectivity index (χ1) is 17.2. The molecular weight excluding hydrogens is 471 g/mol. The highest BCUT2D eigenvalue weighted by atomic mass is 32.2. The van der Waals surface area contributed by atoms with Crippen LogP contribution in [0.2, 0.25) is 0 Å². The van der Waals surface area contributed by atoms with E-state index in [0.717, 1.165) is 11.1 Å². The van der Waals surface area contributed by atoms with Crippen LogP contribution in [-0.4, -0.2) is 34.6 Å². The first kappa shape index (κ1) is 27.5. The first-order valence-electron chi connectivity index (χ1n) is 12.2. The van der Waals surface area contributed by atoms with Gasteiger partial charge in [-0.2, -0.15) is 0 Å². The molecule has 3 aromatic rings. The second-order valence-electron chi connectivity index (χ2n) is 9.47. The van der Waals surface area contributed by atoms with Gasteiger partial charge in [-0.3, -0.25) is 9.59 Å². The van der Waals surface area contributed by atoms with E-state index in [0.29, 0.717) is 17.7 Å². The number of rotatable bonds is 11. The summed E-state index contributed by atoms with van der Waals surface area (Å²) in [6.07, 6.45) is 0.349. The fraction of sp³-hybridized carbons (Fsp3) is 0.333. The average molecular weight is 507 g/mol. The van der Waals surface area contributed by atoms with Crippen LogP contribution >= 0.6 is 11.8 Å². The summed E-state index contributed by atoms with van der Waals surface area (Å²) in [5.74, 6) is 0.0663. The van der Waals surface area contributed by atoms with E-state index in [1.807, 2.05) is 44.2 Å². The van der Waals surface area contributed by atoms with Gasteiger partial charge >= 0.3 is 0 Å². The van der Waals surface area contributed by atoms with Gasteiger partial charge in [0.2, 0.25) is 11.8 Å². The van der Waals surface area contributed by atoms with Gasteiger partial charge in [0.05, 0.1) is 5.75 Å². The Balaban J connectivity index is 1.86. The SMILES string of the molecule is Cc1cc(C)cc(CSCC(=O)N(Cc2ccccc2F)C(Cc2ccccc2)C(=O)NC(C)C)c1. The van der Waals surface area contributed by atoms with Crippen molar-refractivity contribution in [1.29, 1.82) is 0 Å². The van der Waals surface area contributed by atoms with Crippen molar-refractivity contribution in [2.24, 2.45) is 0 Å². The predicted molar refractivity (Wildman–Crippen MR) is 146 cm³/mol. The lowest BCUT2D eigenvalue weighted by Crippen LogP contribution is -2.52. The van der Waals surface area contributed by atoms with Crippen molar-refractivity contribution >= 4 is 23.6 Å². The van der Waals surface area contributed by atoms with E-state index in [1.54, 1.807) is 18.2 Å². The Labute approximate surface area is 218 Å². The van der Waals surface area contributed by atoms with Crippen LogP contribution in [0.15, 0.2) is 72.8 Å². The second-order valence-corrected chi connectivity index (χ2v) is 10.5. The van der Waals surface area contributed by atoms with E-state index in [2.05, 4.69) is 37.4 Å². The van der Waals surface area contributed by atoms with Gasteiger partial charge < -0.3 is 10.2 Å². The molecule has 3 rings (SSSR count). The maximum Gasteiger partial charge on any atom is 0.243 e. The van der Waals surface area contributed by atoms with Crippen molar-refractivity contribution in [3.63, 3.8) is 0 Å². The van der Waals surface area contributed by atoms with Crippen molar-refractivity contribution in [3.05, 3.63) is 106 Å². The Morgan fingerprint density at radius 3 is 2.19 bits per heavy atom. The zero-order valence-electron chi connectivity index (χ0n) is 21.5. The van der Waals surface area contributed by atoms with Gasteiger partial charge in [0.15, 0.2) is 0 Å². The van der Waals surface area contributed by atoms with Crippen LogP contribution in [0.1, 0.15) is 41.7 Å². The largest absolute Gasteiger partial charge is 0.352 e. The quantitative estimate of drug-likeness (QED) is 0.355. The van der Waals surface area contributed by atoms with Gasteiger partial charge in [-0.15, -0.1) is 11.8 Å². The Hall–Kier alpha value is -3.12. The van der Waals surface area contributed by atoms with Gasteiger partial charge in [-0.05, 0) is 44.9 Å². The van der Waals surface area contributed by atoms with Crippen LogP contribution in [0.3, 0.4) is 0 Å². The summed E-state index contributed by atoms with van der Waals surface area (Å²) in [6.45, 7) is 7.92. The second kappa shape index (κ2) is 13.3. The smallest absolute Gasteiger partial charge is 0.243 e. The Morgan fingerprint density at radius 1 is 0.917 bits per heavy atom. The molecule has 4 nitrogen and oxygen atoms in total. The van der Waals surface area contributed by atoms with E-state index in [1.165, 1.54) is 33.9 Å². The molecule has 0 heterocycles. The number of carbonyl (C=O) groups excluding carboxylic acids is 2. The summed E-state index contributed by atoms with van der Waals surface area (Å²) in [6, 6.07) is 21.6. The van der Waals surface area contributed by atoms with Gasteiger partial charge in [0, 0.05) is 30.3 Å². The molecule has 1 N–H and O–H groups in total. The van der Waals surface area contributed by atoms with Crippen molar-refractivity contribution in [3.8, 4) is 0 Å². The molecule has 0 saturated heterocycles. The minimum atomic E-state index is -0.760. The number of carbonyl (C=O) groups is 2. The molecule has 190 valence electrons. The van der Waals surface area contributed by atoms with E-state index in [9.17, 15) is 14.0 Å². The third-order valence-electron chi connectivity index (χ3n) is 5.78. The molecule has 1 unspecified atom stereocenters. The monoisotopic (exact) mass is 506 g/mol. The van der Waals surface area contributed by atoms with Crippen LogP contribution in [0.5, 0.6) is 0 Å². The molecule has 3 aromatic carbocycles. The van der Waals surface area contributed by atoms with E-state index < -0.39 is 6.04 Å². The molecule has 0 aliphatic carbocycles. The van der Waals surface area contributed by atoms with Crippen molar-refractivity contribution in [2.45, 2.75) is 58.5 Å². The molecule has 36 heavy (non-hydrogen) atoms. The number of aryl methyl sites for hydroxylation is 2. The minimum Gasteiger partial charge on any atom is -0.352 e. The third-order valence-corrected chi connectivity index (χ3v) is 6.76. The van der Waals surface area contributed by atoms with E-state index in [4.69, 9.17) is 0 Å². The third kappa shape index (κ3) is 8.23. The van der Waals surface area contributed by atoms with E-state index >= 15 is 0 Å². The van der Waals surface area contributed by atoms with Crippen LogP contribution in [0.4, 0.5) is 4.39 Å². The first-order valence-corrected chi connectivity index (χ1v) is 13.4. The minimum absolute atomic E-state index is 0.0264. The molecule has 0 bridgehead atoms. The average Bonchev–Trinajstić information content (AvgIpc) is 2.82. The molecule has 0 aliphatic heterocycles. The molecule has 0 fully saturated rings. The standard InChI is InChI=1S/C30H35FN2O2S/c1-21(2)32-30(35)28(17-24-10-6-5-7-11-24)33(18-26-12-8-9-13-27(26)31)29(34)20-36-19-25-15-22(3)14-23(4)16-25/h5-16,21,28H,17-20H2,1-4H3,(H,32,35). The number of amides is 2. The summed E-state index contributed by atoms with van der Waals surface area (Å²) in [5, 5.41) is 2.96. The summed E-state index contributed by atoms with van der Waals surface area (Å²) >= 11 is 1.51. The Kier molecular flexibility index (Phi) is 10.1. The van der Waals surface area contributed by atoms with Crippen LogP contribution < -0.4 is 5.32 Å². The van der Waals surface area contributed by atoms with Crippen molar-refractivity contribution in [1.82, 2.24) is 10.2 Å². The van der Waals surface area contributed by atoms with Crippen molar-refractivity contribution < 1.29 is 14.0 Å². The molecule has 0 aromatic heterocycles. The van der Waals surface area contributed by atoms with Crippen LogP contribution in [-0.2, 0) is 28.3 Å². The highest BCUT2D eigenvalue weighted by molar-refractivity contribution is 7.99. The zero-order valence-corrected chi connectivity index (χ0v) is 22.3. The summed E-state index contributed by atoms with van der Waals surface area (Å²) in [4.78, 5) is 28.5. The Morgan fingerprint density at radius 2 is 1.56 bits per heavy atom. The molecule has 6 heteroatoms. The maximum atomic E-state index is 14.6. The topological polar surface area (TPSA) is 49.4 Å². The lowest BCUT2D eigenvalue weighted by Gasteiger charge is -2.32. The number of benzene rings is 3. The number of hydrogen-bond donors (Lipinski definition) is 1. The zero-order chi connectivity index (χ0) is 26.1. The molecule has 0 aliphatic rings. The number of nitrogens with one attached hydrogen (secondary N) is 1. The van der Waals surface area contributed by atoms with Gasteiger partial charge in [-0.25, -0.2) is 4.39 Å². The number of thioether (sulfide) groups is 1. The molecule has 1 atom stereocenters. The fourth-order valence-electron chi connectivity index (χ4n) is 4.24. The molecule has 0 radical (unpaired) electrons. The highest BCUT2D eigenvalue weighted by Crippen LogP contribution is 2.20. The van der Waals surface area contributed by atoms with Crippen molar-refractivity contribution in [2.75, 3.05) is 5.75 Å². The lowest BCUT2D eigenvalue weighted by molar-refractivity contribution is -0.139. The normalized spacial score (nSPS) is 11.8. The number of halogens is 1. The van der Waals surface area contributed by atoms with Crippen LogP contribution in [0.25, 0.3) is 0 Å². The van der Waals surface area contributed by atoms with Crippen LogP contribution in [0, 0.1) is 19.7 Å². The Bertz CT molecular complexity index is 1150. The predicted octanol–water partition coefficient (Wildman–Crippen LogP) is 5.84. The van der Waals surface area contributed by atoms with E-state index in [-0.39, 0.29) is 36.0 Å². The number of nitrogens with zero attached hydrogens (tertiary/aromatic N) is 1. The summed E-state index contributed by atoms with van der Waals surface area (Å²) in [7, 11) is 0. The number of hydrogen-bond acceptors (Lipinski definition) is 3. The molecule has 2 amide bonds. The molecule has 0 saturated carbocycles.